The smallest absolute Gasteiger partial charge is 0.219 e. The molecule has 0 atom stereocenters. The Hall–Kier alpha value is -2.67. The summed E-state index contributed by atoms with van der Waals surface area (Å²) in [7, 11) is 0. The van der Waals surface area contributed by atoms with Crippen molar-refractivity contribution in [3.8, 4) is 17.3 Å². The van der Waals surface area contributed by atoms with E-state index in [0.717, 1.165) is 5.56 Å². The SMILES string of the molecule is Oc1ccc(/C=N\n2c(-c3ccco3)n[nH]c2=S)cc1. The normalized spacial score (nSPS) is 11.2. The number of aromatic hydroxyl groups is 1. The van der Waals surface area contributed by atoms with Gasteiger partial charge in [0.25, 0.3) is 0 Å². The summed E-state index contributed by atoms with van der Waals surface area (Å²) in [6.45, 7) is 0. The van der Waals surface area contributed by atoms with Crippen molar-refractivity contribution in [1.29, 1.82) is 0 Å². The van der Waals surface area contributed by atoms with Crippen LogP contribution in [0.5, 0.6) is 5.75 Å². The summed E-state index contributed by atoms with van der Waals surface area (Å²) >= 11 is 5.13. The summed E-state index contributed by atoms with van der Waals surface area (Å²) < 4.78 is 7.13. The van der Waals surface area contributed by atoms with Crippen LogP contribution in [0.2, 0.25) is 0 Å². The van der Waals surface area contributed by atoms with Gasteiger partial charge in [-0.1, -0.05) is 0 Å². The molecule has 0 amide bonds. The van der Waals surface area contributed by atoms with Gasteiger partial charge in [0, 0.05) is 0 Å². The zero-order valence-electron chi connectivity index (χ0n) is 10.2. The first-order valence-electron chi connectivity index (χ1n) is 5.79. The Labute approximate surface area is 119 Å². The van der Waals surface area contributed by atoms with E-state index in [2.05, 4.69) is 15.3 Å². The first-order chi connectivity index (χ1) is 9.74. The molecule has 100 valence electrons. The Balaban J connectivity index is 1.97. The number of aromatic nitrogens is 3. The van der Waals surface area contributed by atoms with Crippen molar-refractivity contribution >= 4 is 18.4 Å². The molecule has 0 unspecified atom stereocenters. The zero-order valence-corrected chi connectivity index (χ0v) is 11.0. The first-order valence-corrected chi connectivity index (χ1v) is 6.19. The average molecular weight is 286 g/mol. The number of hydrogen-bond donors (Lipinski definition) is 2. The molecule has 0 aliphatic heterocycles. The minimum atomic E-state index is 0.207. The number of hydrogen-bond acceptors (Lipinski definition) is 5. The molecule has 2 heterocycles. The predicted octanol–water partition coefficient (Wildman–Crippen LogP) is 2.79. The van der Waals surface area contributed by atoms with E-state index in [9.17, 15) is 5.11 Å². The van der Waals surface area contributed by atoms with E-state index in [0.29, 0.717) is 16.4 Å². The molecule has 0 bridgehead atoms. The summed E-state index contributed by atoms with van der Waals surface area (Å²) in [6.07, 6.45) is 3.18. The van der Waals surface area contributed by atoms with Crippen molar-refractivity contribution in [2.24, 2.45) is 5.10 Å². The minimum absolute atomic E-state index is 0.207. The quantitative estimate of drug-likeness (QED) is 0.573. The summed E-state index contributed by atoms with van der Waals surface area (Å²) in [5.74, 6) is 1.27. The van der Waals surface area contributed by atoms with Gasteiger partial charge in [0.05, 0.1) is 12.5 Å². The van der Waals surface area contributed by atoms with Gasteiger partial charge in [0.1, 0.15) is 5.75 Å². The van der Waals surface area contributed by atoms with Crippen LogP contribution >= 0.6 is 12.2 Å². The maximum absolute atomic E-state index is 9.23. The number of H-pyrrole nitrogens is 1. The monoisotopic (exact) mass is 286 g/mol. The van der Waals surface area contributed by atoms with Gasteiger partial charge >= 0.3 is 0 Å². The zero-order chi connectivity index (χ0) is 13.9. The van der Waals surface area contributed by atoms with Crippen molar-refractivity contribution in [2.75, 3.05) is 0 Å². The molecular formula is C13H10N4O2S. The molecule has 3 rings (SSSR count). The van der Waals surface area contributed by atoms with Gasteiger partial charge in [-0.2, -0.15) is 9.78 Å². The number of rotatable bonds is 3. The highest BCUT2D eigenvalue weighted by molar-refractivity contribution is 7.71. The summed E-state index contributed by atoms with van der Waals surface area (Å²) in [6, 6.07) is 10.2. The predicted molar refractivity (Wildman–Crippen MR) is 76.2 cm³/mol. The van der Waals surface area contributed by atoms with Gasteiger partial charge in [-0.05, 0) is 54.2 Å². The molecule has 7 heteroatoms. The molecule has 0 radical (unpaired) electrons. The fourth-order valence-electron chi connectivity index (χ4n) is 1.65. The number of aromatic amines is 1. The Morgan fingerprint density at radius 2 is 2.10 bits per heavy atom. The molecule has 6 nitrogen and oxygen atoms in total. The van der Waals surface area contributed by atoms with E-state index in [1.807, 2.05) is 0 Å². The number of phenols is 1. The van der Waals surface area contributed by atoms with Gasteiger partial charge in [-0.15, -0.1) is 5.10 Å². The van der Waals surface area contributed by atoms with E-state index in [1.165, 1.54) is 4.68 Å². The second kappa shape index (κ2) is 5.14. The molecular weight excluding hydrogens is 276 g/mol. The maximum Gasteiger partial charge on any atom is 0.219 e. The lowest BCUT2D eigenvalue weighted by molar-refractivity contribution is 0.475. The van der Waals surface area contributed by atoms with Crippen LogP contribution in [0, 0.1) is 4.77 Å². The van der Waals surface area contributed by atoms with Crippen LogP contribution in [0.1, 0.15) is 5.56 Å². The molecule has 0 saturated heterocycles. The summed E-state index contributed by atoms with van der Waals surface area (Å²) in [5.41, 5.74) is 0.830. The van der Waals surface area contributed by atoms with E-state index < -0.39 is 0 Å². The van der Waals surface area contributed by atoms with Gasteiger partial charge in [-0.25, -0.2) is 5.10 Å². The highest BCUT2D eigenvalue weighted by atomic mass is 32.1. The molecule has 0 aliphatic carbocycles. The van der Waals surface area contributed by atoms with Gasteiger partial charge in [0.2, 0.25) is 10.6 Å². The fourth-order valence-corrected chi connectivity index (χ4v) is 1.83. The summed E-state index contributed by atoms with van der Waals surface area (Å²) in [4.78, 5) is 0. The first kappa shape index (κ1) is 12.4. The third-order valence-electron chi connectivity index (χ3n) is 2.61. The van der Waals surface area contributed by atoms with Crippen LogP contribution in [0.25, 0.3) is 11.6 Å². The van der Waals surface area contributed by atoms with Crippen LogP contribution in [0.4, 0.5) is 0 Å². The Kier molecular flexibility index (Phi) is 3.18. The van der Waals surface area contributed by atoms with Crippen LogP contribution < -0.4 is 0 Å². The van der Waals surface area contributed by atoms with Crippen LogP contribution in [0.3, 0.4) is 0 Å². The van der Waals surface area contributed by atoms with Crippen LogP contribution in [-0.4, -0.2) is 26.2 Å². The van der Waals surface area contributed by atoms with Gasteiger partial charge in [-0.3, -0.25) is 0 Å². The van der Waals surface area contributed by atoms with Crippen molar-refractivity contribution in [1.82, 2.24) is 14.9 Å². The van der Waals surface area contributed by atoms with E-state index in [-0.39, 0.29) is 5.75 Å². The second-order valence-electron chi connectivity index (χ2n) is 3.98. The highest BCUT2D eigenvalue weighted by Gasteiger charge is 2.10. The number of furan rings is 1. The summed E-state index contributed by atoms with van der Waals surface area (Å²) in [5, 5.41) is 20.3. The van der Waals surface area contributed by atoms with Crippen LogP contribution in [0.15, 0.2) is 52.2 Å². The fraction of sp³-hybridized carbons (Fsp3) is 0. The number of phenolic OH excluding ortho intramolecular Hbond substituents is 1. The molecule has 20 heavy (non-hydrogen) atoms. The minimum Gasteiger partial charge on any atom is -0.508 e. The molecule has 0 aliphatic rings. The molecule has 0 fully saturated rings. The standard InChI is InChI=1S/C13H10N4O2S/c18-10-5-3-9(4-6-10)8-14-17-12(15-16-13(17)20)11-2-1-7-19-11/h1-8,18H,(H,16,20)/b14-8-. The van der Waals surface area contributed by atoms with Gasteiger partial charge < -0.3 is 9.52 Å². The van der Waals surface area contributed by atoms with Gasteiger partial charge in [0.15, 0.2) is 5.76 Å². The van der Waals surface area contributed by atoms with E-state index in [4.69, 9.17) is 16.6 Å². The topological polar surface area (TPSA) is 79.3 Å². The number of nitrogens with one attached hydrogen (secondary N) is 1. The van der Waals surface area contributed by atoms with Crippen molar-refractivity contribution in [3.63, 3.8) is 0 Å². The second-order valence-corrected chi connectivity index (χ2v) is 4.36. The molecule has 2 aromatic heterocycles. The van der Waals surface area contributed by atoms with Crippen molar-refractivity contribution in [2.45, 2.75) is 0 Å². The van der Waals surface area contributed by atoms with Crippen molar-refractivity contribution < 1.29 is 9.52 Å². The number of benzene rings is 1. The lowest BCUT2D eigenvalue weighted by atomic mass is 10.2. The third kappa shape index (κ3) is 2.39. The maximum atomic E-state index is 9.23. The lowest BCUT2D eigenvalue weighted by Crippen LogP contribution is -1.94. The molecule has 1 aromatic carbocycles. The molecule has 3 aromatic rings. The van der Waals surface area contributed by atoms with Crippen molar-refractivity contribution in [3.05, 3.63) is 53.0 Å². The van der Waals surface area contributed by atoms with E-state index >= 15 is 0 Å². The third-order valence-corrected chi connectivity index (χ3v) is 2.87. The number of nitrogens with zero attached hydrogens (tertiary/aromatic N) is 3. The molecule has 0 spiro atoms. The average Bonchev–Trinajstić information content (AvgIpc) is 3.08. The lowest BCUT2D eigenvalue weighted by Gasteiger charge is -1.97. The molecule has 0 saturated carbocycles. The van der Waals surface area contributed by atoms with E-state index in [1.54, 1.807) is 48.9 Å². The van der Waals surface area contributed by atoms with Crippen LogP contribution in [-0.2, 0) is 0 Å². The Morgan fingerprint density at radius 3 is 2.80 bits per heavy atom. The highest BCUT2D eigenvalue weighted by Crippen LogP contribution is 2.17. The molecule has 2 N–H and O–H groups in total. The Bertz CT molecular complexity index is 785. The Morgan fingerprint density at radius 1 is 1.30 bits per heavy atom. The largest absolute Gasteiger partial charge is 0.508 e.